The summed E-state index contributed by atoms with van der Waals surface area (Å²) >= 11 is 1.64. The molecule has 0 saturated heterocycles. The van der Waals surface area contributed by atoms with Crippen molar-refractivity contribution in [3.63, 3.8) is 0 Å². The lowest BCUT2D eigenvalue weighted by molar-refractivity contribution is -0.118. The van der Waals surface area contributed by atoms with Gasteiger partial charge in [0, 0.05) is 12.8 Å². The van der Waals surface area contributed by atoms with Crippen LogP contribution >= 0.6 is 11.8 Å². The van der Waals surface area contributed by atoms with E-state index >= 15 is 0 Å². The summed E-state index contributed by atoms with van der Waals surface area (Å²) in [6, 6.07) is 8.62. The van der Waals surface area contributed by atoms with Gasteiger partial charge in [-0.2, -0.15) is 0 Å². The number of amides is 1. The Kier molecular flexibility index (Phi) is 5.39. The summed E-state index contributed by atoms with van der Waals surface area (Å²) < 4.78 is 0. The van der Waals surface area contributed by atoms with E-state index in [1.54, 1.807) is 18.8 Å². The van der Waals surface area contributed by atoms with Gasteiger partial charge in [-0.05, 0) is 17.0 Å². The summed E-state index contributed by atoms with van der Waals surface area (Å²) in [4.78, 5) is 11.0. The van der Waals surface area contributed by atoms with Gasteiger partial charge >= 0.3 is 0 Å². The van der Waals surface area contributed by atoms with E-state index in [4.69, 9.17) is 0 Å². The number of hydrogen-bond donors (Lipinski definition) is 1. The second kappa shape index (κ2) is 6.59. The third-order valence-corrected chi connectivity index (χ3v) is 3.43. The maximum absolute atomic E-state index is 11.0. The highest BCUT2D eigenvalue weighted by Gasteiger charge is 2.01. The topological polar surface area (TPSA) is 29.1 Å². The highest BCUT2D eigenvalue weighted by Crippen LogP contribution is 2.17. The van der Waals surface area contributed by atoms with Crippen molar-refractivity contribution in [1.82, 2.24) is 5.32 Å². The Hall–Kier alpha value is -0.960. The van der Waals surface area contributed by atoms with Crippen molar-refractivity contribution in [3.8, 4) is 0 Å². The van der Waals surface area contributed by atoms with Gasteiger partial charge in [-0.1, -0.05) is 38.1 Å². The molecule has 0 fully saturated rings. The minimum absolute atomic E-state index is 0.0869. The standard InChI is InChI=1S/C13H19NOS/c1-10(2)12-6-4-11(5-7-12)8-16-9-13(15)14-3/h4-7,10H,8-9H2,1-3H3,(H,14,15). The second-order valence-corrected chi connectivity index (χ2v) is 5.05. The number of hydrogen-bond acceptors (Lipinski definition) is 2. The molecule has 0 heterocycles. The highest BCUT2D eigenvalue weighted by atomic mass is 32.2. The van der Waals surface area contributed by atoms with Crippen molar-refractivity contribution in [2.45, 2.75) is 25.5 Å². The van der Waals surface area contributed by atoms with Crippen LogP contribution in [0.25, 0.3) is 0 Å². The van der Waals surface area contributed by atoms with Gasteiger partial charge in [0.05, 0.1) is 5.75 Å². The Morgan fingerprint density at radius 3 is 2.44 bits per heavy atom. The molecule has 0 atom stereocenters. The van der Waals surface area contributed by atoms with Crippen LogP contribution in [0.4, 0.5) is 0 Å². The molecule has 0 radical (unpaired) electrons. The number of carbonyl (C=O) groups is 1. The van der Waals surface area contributed by atoms with E-state index in [-0.39, 0.29) is 5.91 Å². The lowest BCUT2D eigenvalue weighted by atomic mass is 10.0. The van der Waals surface area contributed by atoms with Gasteiger partial charge in [0.2, 0.25) is 5.91 Å². The monoisotopic (exact) mass is 237 g/mol. The number of benzene rings is 1. The van der Waals surface area contributed by atoms with Gasteiger partial charge < -0.3 is 5.32 Å². The lowest BCUT2D eigenvalue weighted by Gasteiger charge is -2.06. The molecule has 1 N–H and O–H groups in total. The molecule has 0 aliphatic carbocycles. The van der Waals surface area contributed by atoms with Gasteiger partial charge in [-0.15, -0.1) is 11.8 Å². The van der Waals surface area contributed by atoms with Crippen LogP contribution in [0.2, 0.25) is 0 Å². The molecule has 88 valence electrons. The Labute approximate surface area is 102 Å². The highest BCUT2D eigenvalue weighted by molar-refractivity contribution is 7.99. The zero-order valence-corrected chi connectivity index (χ0v) is 10.9. The SMILES string of the molecule is CNC(=O)CSCc1ccc(C(C)C)cc1. The normalized spacial score (nSPS) is 10.5. The molecule has 0 spiro atoms. The predicted molar refractivity (Wildman–Crippen MR) is 70.8 cm³/mol. The maximum atomic E-state index is 11.0. The molecule has 0 aliphatic rings. The fourth-order valence-electron chi connectivity index (χ4n) is 1.33. The molecular formula is C13H19NOS. The fourth-order valence-corrected chi connectivity index (χ4v) is 2.19. The fraction of sp³-hybridized carbons (Fsp3) is 0.462. The van der Waals surface area contributed by atoms with E-state index in [1.165, 1.54) is 11.1 Å². The Morgan fingerprint density at radius 2 is 1.94 bits per heavy atom. The zero-order valence-electron chi connectivity index (χ0n) is 10.1. The second-order valence-electron chi connectivity index (χ2n) is 4.06. The first-order valence-electron chi connectivity index (χ1n) is 5.50. The van der Waals surface area contributed by atoms with Gasteiger partial charge in [0.1, 0.15) is 0 Å². The zero-order chi connectivity index (χ0) is 12.0. The maximum Gasteiger partial charge on any atom is 0.229 e. The first kappa shape index (κ1) is 13.1. The average Bonchev–Trinajstić information content (AvgIpc) is 2.29. The van der Waals surface area contributed by atoms with E-state index in [1.807, 2.05) is 0 Å². The minimum Gasteiger partial charge on any atom is -0.358 e. The molecule has 1 amide bonds. The quantitative estimate of drug-likeness (QED) is 0.853. The van der Waals surface area contributed by atoms with Crippen molar-refractivity contribution < 1.29 is 4.79 Å². The van der Waals surface area contributed by atoms with E-state index in [9.17, 15) is 4.79 Å². The van der Waals surface area contributed by atoms with Crippen molar-refractivity contribution in [2.24, 2.45) is 0 Å². The van der Waals surface area contributed by atoms with Crippen molar-refractivity contribution in [3.05, 3.63) is 35.4 Å². The van der Waals surface area contributed by atoms with Crippen molar-refractivity contribution in [1.29, 1.82) is 0 Å². The molecule has 0 aliphatic heterocycles. The Morgan fingerprint density at radius 1 is 1.31 bits per heavy atom. The van der Waals surface area contributed by atoms with Gasteiger partial charge in [0.25, 0.3) is 0 Å². The minimum atomic E-state index is 0.0869. The molecular weight excluding hydrogens is 218 g/mol. The number of nitrogens with one attached hydrogen (secondary N) is 1. The van der Waals surface area contributed by atoms with E-state index < -0.39 is 0 Å². The Bertz CT molecular complexity index is 332. The molecule has 1 aromatic carbocycles. The molecule has 0 unspecified atom stereocenters. The number of thioether (sulfide) groups is 1. The molecule has 0 aromatic heterocycles. The third kappa shape index (κ3) is 4.27. The van der Waals surface area contributed by atoms with Crippen LogP contribution in [0.15, 0.2) is 24.3 Å². The molecule has 0 saturated carbocycles. The first-order valence-corrected chi connectivity index (χ1v) is 6.66. The van der Waals surface area contributed by atoms with E-state index in [0.717, 1.165) is 5.75 Å². The lowest BCUT2D eigenvalue weighted by Crippen LogP contribution is -2.19. The summed E-state index contributed by atoms with van der Waals surface area (Å²) in [6.45, 7) is 4.38. The predicted octanol–water partition coefficient (Wildman–Crippen LogP) is 2.79. The van der Waals surface area contributed by atoms with Crippen LogP contribution in [0.5, 0.6) is 0 Å². The first-order chi connectivity index (χ1) is 7.63. The molecule has 1 rings (SSSR count). The summed E-state index contributed by atoms with van der Waals surface area (Å²) in [7, 11) is 1.67. The molecule has 1 aromatic rings. The number of rotatable bonds is 5. The van der Waals surface area contributed by atoms with E-state index in [0.29, 0.717) is 11.7 Å². The van der Waals surface area contributed by atoms with Crippen LogP contribution in [0.1, 0.15) is 30.9 Å². The Balaban J connectivity index is 2.40. The van der Waals surface area contributed by atoms with Crippen LogP contribution in [0, 0.1) is 0 Å². The van der Waals surface area contributed by atoms with Crippen LogP contribution in [-0.2, 0) is 10.5 Å². The summed E-state index contributed by atoms with van der Waals surface area (Å²) in [5.74, 6) is 2.09. The van der Waals surface area contributed by atoms with Crippen molar-refractivity contribution in [2.75, 3.05) is 12.8 Å². The molecule has 2 nitrogen and oxygen atoms in total. The largest absolute Gasteiger partial charge is 0.358 e. The number of carbonyl (C=O) groups excluding carboxylic acids is 1. The van der Waals surface area contributed by atoms with Crippen LogP contribution in [0.3, 0.4) is 0 Å². The van der Waals surface area contributed by atoms with E-state index in [2.05, 4.69) is 43.4 Å². The summed E-state index contributed by atoms with van der Waals surface area (Å²) in [5, 5.41) is 2.62. The molecule has 0 bridgehead atoms. The smallest absolute Gasteiger partial charge is 0.229 e. The van der Waals surface area contributed by atoms with Gasteiger partial charge in [0.15, 0.2) is 0 Å². The summed E-state index contributed by atoms with van der Waals surface area (Å²) in [6.07, 6.45) is 0. The third-order valence-electron chi connectivity index (χ3n) is 2.43. The summed E-state index contributed by atoms with van der Waals surface area (Å²) in [5.41, 5.74) is 2.64. The van der Waals surface area contributed by atoms with Crippen molar-refractivity contribution >= 4 is 17.7 Å². The average molecular weight is 237 g/mol. The van der Waals surface area contributed by atoms with Crippen LogP contribution < -0.4 is 5.32 Å². The van der Waals surface area contributed by atoms with Crippen LogP contribution in [-0.4, -0.2) is 18.7 Å². The molecule has 3 heteroatoms. The molecule has 16 heavy (non-hydrogen) atoms. The van der Waals surface area contributed by atoms with Gasteiger partial charge in [-0.25, -0.2) is 0 Å². The van der Waals surface area contributed by atoms with Gasteiger partial charge in [-0.3, -0.25) is 4.79 Å².